The molecule has 43 heavy (non-hydrogen) atoms. The van der Waals surface area contributed by atoms with Crippen molar-refractivity contribution < 1.29 is 194 Å². The van der Waals surface area contributed by atoms with Gasteiger partial charge in [-0.25, -0.2) is 37.6 Å². The van der Waals surface area contributed by atoms with Crippen molar-refractivity contribution >= 4 is 256 Å². The van der Waals surface area contributed by atoms with Crippen LogP contribution in [0.5, 0.6) is 0 Å². The second-order valence-corrected chi connectivity index (χ2v) is 13.5. The van der Waals surface area contributed by atoms with Crippen LogP contribution in [-0.2, 0) is 450 Å². The maximum atomic E-state index is 4.74. The Hall–Kier alpha value is 13.2. The van der Waals surface area contributed by atoms with Crippen molar-refractivity contribution in [2.75, 3.05) is 0 Å². The molecule has 0 aliphatic rings. The van der Waals surface area contributed by atoms with Gasteiger partial charge in [0.05, 0.1) is 0 Å². The summed E-state index contributed by atoms with van der Waals surface area (Å²) in [5, 5.41) is 0. The third-order valence-corrected chi connectivity index (χ3v) is 0. The van der Waals surface area contributed by atoms with Crippen LogP contribution in [0.25, 0.3) is 0 Å². The van der Waals surface area contributed by atoms with Gasteiger partial charge in [0.2, 0.25) is 0 Å². The smallest absolute Gasteiger partial charge is 0.813 e. The van der Waals surface area contributed by atoms with E-state index in [0.29, 0.717) is 0 Å². The van der Waals surface area contributed by atoms with Gasteiger partial charge in [-0.3, -0.25) is 0 Å². The topological polar surface area (TPSA) is 208 Å². The van der Waals surface area contributed by atoms with Crippen LogP contribution in [0.1, 0.15) is 0 Å². The number of hydrogen-bond donors (Lipinski definition) is 8. The Morgan fingerprint density at radius 3 is 0.233 bits per heavy atom. The fourth-order valence-electron chi connectivity index (χ4n) is 0. The Kier molecular flexibility index (Phi) is 337. The quantitative estimate of drug-likeness (QED) is 0.0645. The monoisotopic (exact) mass is 2290 g/mol. The van der Waals surface area contributed by atoms with Crippen LogP contribution >= 0.6 is 0 Å². The van der Waals surface area contributed by atoms with Crippen LogP contribution in [0, 0.1) is 0 Å². The van der Waals surface area contributed by atoms with E-state index in [4.69, 9.17) is 45.9 Å². The van der Waals surface area contributed by atoms with E-state index in [1.807, 2.05) is 0 Å². The summed E-state index contributed by atoms with van der Waals surface area (Å²) in [4.78, 5) is 0. The first kappa shape index (κ1) is 124. The standard InChI is InChI=1S/8CH5NS2.7Hg.4H2S/c8*2-1(3)4;;;;;;;;;;;/h8*1,3-4H,2H2;;;;;;;;4*1H2/q;;;;;;;;;;;;2*+1;+2;;;;/p-20. The largest absolute Gasteiger partial charge is 2.00 e. The van der Waals surface area contributed by atoms with Crippen LogP contribution < -0.4 is 45.9 Å². The summed E-state index contributed by atoms with van der Waals surface area (Å²) in [6.45, 7) is 0. The van der Waals surface area contributed by atoms with Crippen LogP contribution in [0.4, 0.5) is 0 Å². The summed E-state index contributed by atoms with van der Waals surface area (Å²) < 4.78 is -4.00. The minimum atomic E-state index is -0.500. The van der Waals surface area contributed by atoms with Crippen molar-refractivity contribution in [3.8, 4) is 0 Å². The molecule has 0 aromatic carbocycles. The first-order valence-electron chi connectivity index (χ1n) is 6.44. The molecule has 0 amide bonds. The summed E-state index contributed by atoms with van der Waals surface area (Å²) in [6, 6.07) is 0. The Morgan fingerprint density at radius 2 is 0.233 bits per heavy atom. The van der Waals surface area contributed by atoms with Crippen molar-refractivity contribution in [3.05, 3.63) is 0 Å². The Labute approximate surface area is 521 Å². The molecule has 8 nitrogen and oxygen atoms in total. The fraction of sp³-hybridized carbons (Fsp3) is 1.00. The van der Waals surface area contributed by atoms with Gasteiger partial charge in [-0.15, -0.1) is 0 Å². The molecule has 0 unspecified atom stereocenters. The molecule has 0 rings (SSSR count). The summed E-state index contributed by atoms with van der Waals surface area (Å²) in [5.41, 5.74) is 37.9. The zero-order valence-corrected chi connectivity index (χ0v) is 77.6. The maximum Gasteiger partial charge on any atom is 2.00 e. The SMILES string of the molecule is NC([S-])[S-].NC([S-])[S-].NC([S-])[S-].NC([S-])[S-].NC([S-])[S-].NC([S-])[S-].NC([S-])[S-].NC([S-])[S-].[Hg+2].[Hg+].[Hg+].[Hg].[Hg].[Hg].[Hg].[SH-].[SH-].[SH-].[SH-]. The minimum Gasteiger partial charge on any atom is -0.813 e. The molecule has 0 saturated heterocycles. The number of thiol groups is 4. The van der Waals surface area contributed by atoms with E-state index in [-0.39, 0.29) is 248 Å². The molecule has 0 aliphatic carbocycles. The van der Waals surface area contributed by atoms with Crippen molar-refractivity contribution in [3.63, 3.8) is 0 Å². The summed E-state index contributed by atoms with van der Waals surface area (Å²) >= 11 is 67.4. The van der Waals surface area contributed by atoms with Crippen molar-refractivity contribution in [2.24, 2.45) is 45.9 Å². The number of rotatable bonds is 0. The maximum absolute atomic E-state index is 4.74. The van der Waals surface area contributed by atoms with Crippen molar-refractivity contribution in [2.45, 2.75) is 37.6 Å². The van der Waals surface area contributed by atoms with Gasteiger partial charge in [0.1, 0.15) is 0 Å². The van der Waals surface area contributed by atoms with E-state index < -0.39 is 37.6 Å². The number of nitrogens with two attached hydrogens (primary N) is 8. The van der Waals surface area contributed by atoms with Crippen molar-refractivity contribution in [1.82, 2.24) is 0 Å². The van der Waals surface area contributed by atoms with Gasteiger partial charge in [0, 0.05) is 111 Å². The van der Waals surface area contributed by atoms with E-state index >= 15 is 0 Å². The zero-order valence-electron chi connectivity index (χ0n) is 22.5. The molecular weight excluding hydrogens is 2250 g/mol. The molecule has 0 aliphatic heterocycles. The van der Waals surface area contributed by atoms with E-state index in [0.717, 1.165) is 0 Å². The van der Waals surface area contributed by atoms with Crippen LogP contribution in [0.2, 0.25) is 0 Å². The van der Waals surface area contributed by atoms with Crippen LogP contribution in [-0.4, -0.2) is 37.6 Å². The van der Waals surface area contributed by atoms with E-state index in [2.05, 4.69) is 202 Å². The summed E-state index contributed by atoms with van der Waals surface area (Å²) in [7, 11) is 0. The average molecular weight is 2280 g/mol. The first-order valence-corrected chi connectivity index (χ1v) is 14.0. The van der Waals surface area contributed by atoms with Crippen LogP contribution in [0.3, 0.4) is 0 Å². The number of hydrogen-bond acceptors (Lipinski definition) is 28. The zero-order chi connectivity index (χ0) is 28.6. The molecule has 35 heteroatoms. The second-order valence-electron chi connectivity index (χ2n) is 2.95. The van der Waals surface area contributed by atoms with Gasteiger partial charge in [-0.05, 0) is 0 Å². The third kappa shape index (κ3) is 894. The summed E-state index contributed by atoms with van der Waals surface area (Å²) in [5.74, 6) is 0. The molecule has 0 aromatic heterocycles. The molecular formula is C8H28Hg7N8S20-16. The predicted octanol–water partition coefficient (Wildman–Crippen LogP) is -6.52. The van der Waals surface area contributed by atoms with Gasteiger partial charge >= 0.3 is 83.0 Å². The second kappa shape index (κ2) is 117. The van der Waals surface area contributed by atoms with E-state index in [1.165, 1.54) is 0 Å². The average Bonchev–Trinajstić information content (AvgIpc) is 2.30. The van der Waals surface area contributed by atoms with Gasteiger partial charge in [0.25, 0.3) is 0 Å². The molecule has 0 fully saturated rings. The van der Waals surface area contributed by atoms with Gasteiger partial charge < -0.3 is 302 Å². The van der Waals surface area contributed by atoms with Crippen LogP contribution in [0.15, 0.2) is 0 Å². The molecule has 250 valence electrons. The Bertz CT molecular complexity index is 189. The normalized spacial score (nSPS) is 6.70. The molecule has 0 spiro atoms. The van der Waals surface area contributed by atoms with Gasteiger partial charge in [0.15, 0.2) is 0 Å². The molecule has 0 atom stereocenters. The van der Waals surface area contributed by atoms with E-state index in [9.17, 15) is 0 Å². The molecule has 2 radical (unpaired) electrons. The molecule has 0 aromatic rings. The fourth-order valence-corrected chi connectivity index (χ4v) is 0. The molecule has 0 heterocycles. The third-order valence-electron chi connectivity index (χ3n) is 0. The molecule has 0 bridgehead atoms. The Balaban J connectivity index is -0.00000000869. The first-order chi connectivity index (χ1) is 13.9. The van der Waals surface area contributed by atoms with Gasteiger partial charge in [-0.2, -0.15) is 0 Å². The summed E-state index contributed by atoms with van der Waals surface area (Å²) in [6.07, 6.45) is 0. The van der Waals surface area contributed by atoms with Gasteiger partial charge in [-0.1, -0.05) is 0 Å². The minimum absolute atomic E-state index is 0. The molecule has 16 N–H and O–H groups in total. The predicted molar refractivity (Wildman–Crippen MR) is 217 cm³/mol. The van der Waals surface area contributed by atoms with E-state index in [1.54, 1.807) is 0 Å². The Morgan fingerprint density at radius 1 is 0.233 bits per heavy atom. The molecule has 0 saturated carbocycles. The van der Waals surface area contributed by atoms with Crippen molar-refractivity contribution in [1.29, 1.82) is 0 Å².